The second kappa shape index (κ2) is 4.59. The lowest BCUT2D eigenvalue weighted by atomic mass is 10.4. The molecule has 0 aliphatic carbocycles. The van der Waals surface area contributed by atoms with Crippen LogP contribution in [0, 0.1) is 0 Å². The number of sulfone groups is 1. The van der Waals surface area contributed by atoms with Crippen molar-refractivity contribution in [1.29, 1.82) is 0 Å². The summed E-state index contributed by atoms with van der Waals surface area (Å²) in [7, 11) is -2.83. The fraction of sp³-hybridized carbons (Fsp3) is 0.667. The number of aryl methyl sites for hydroxylation is 2. The summed E-state index contributed by atoms with van der Waals surface area (Å²) < 4.78 is 23.8. The van der Waals surface area contributed by atoms with Crippen LogP contribution in [0.4, 0.5) is 0 Å². The van der Waals surface area contributed by atoms with Crippen molar-refractivity contribution >= 4 is 9.84 Å². The molecule has 14 heavy (non-hydrogen) atoms. The molecule has 0 aliphatic heterocycles. The van der Waals surface area contributed by atoms with Crippen molar-refractivity contribution in [3.8, 4) is 0 Å². The Bertz CT molecular complexity index is 381. The zero-order valence-electron chi connectivity index (χ0n) is 8.60. The summed E-state index contributed by atoms with van der Waals surface area (Å²) in [5, 5.41) is 0. The maximum atomic E-state index is 10.9. The van der Waals surface area contributed by atoms with Crippen molar-refractivity contribution in [2.24, 2.45) is 0 Å². The Hall–Kier alpha value is -0.840. The van der Waals surface area contributed by atoms with E-state index in [9.17, 15) is 8.42 Å². The molecule has 1 heterocycles. The van der Waals surface area contributed by atoms with E-state index in [1.165, 1.54) is 6.26 Å². The van der Waals surface area contributed by atoms with Gasteiger partial charge in [-0.1, -0.05) is 6.92 Å². The Morgan fingerprint density at radius 2 is 2.21 bits per heavy atom. The zero-order chi connectivity index (χ0) is 10.6. The largest absolute Gasteiger partial charge is 0.335 e. The van der Waals surface area contributed by atoms with Crippen molar-refractivity contribution in [1.82, 2.24) is 9.55 Å². The molecule has 1 rings (SSSR count). The molecule has 0 fully saturated rings. The third kappa shape index (κ3) is 3.49. The summed E-state index contributed by atoms with van der Waals surface area (Å²) in [4.78, 5) is 4.16. The molecule has 4 nitrogen and oxygen atoms in total. The van der Waals surface area contributed by atoms with Crippen molar-refractivity contribution in [3.05, 3.63) is 18.2 Å². The van der Waals surface area contributed by atoms with Gasteiger partial charge < -0.3 is 4.57 Å². The van der Waals surface area contributed by atoms with Gasteiger partial charge in [-0.15, -0.1) is 0 Å². The van der Waals surface area contributed by atoms with Crippen LogP contribution >= 0.6 is 0 Å². The summed E-state index contributed by atoms with van der Waals surface area (Å²) in [5.41, 5.74) is 0. The molecule has 80 valence electrons. The first-order chi connectivity index (χ1) is 6.53. The molecule has 0 unspecified atom stereocenters. The first-order valence-corrected chi connectivity index (χ1v) is 6.76. The summed E-state index contributed by atoms with van der Waals surface area (Å²) in [6.07, 6.45) is 6.44. The van der Waals surface area contributed by atoms with Gasteiger partial charge in [0.05, 0.1) is 5.75 Å². The van der Waals surface area contributed by atoms with Crippen LogP contribution in [0.3, 0.4) is 0 Å². The van der Waals surface area contributed by atoms with Crippen LogP contribution in [0.1, 0.15) is 19.2 Å². The number of aromatic nitrogens is 2. The second-order valence-electron chi connectivity index (χ2n) is 3.37. The third-order valence-electron chi connectivity index (χ3n) is 2.03. The van der Waals surface area contributed by atoms with E-state index in [0.29, 0.717) is 6.42 Å². The molecule has 0 amide bonds. The summed E-state index contributed by atoms with van der Waals surface area (Å²) >= 11 is 0. The molecular formula is C9H16N2O2S. The molecule has 1 aromatic rings. The summed E-state index contributed by atoms with van der Waals surface area (Å²) in [5.74, 6) is 1.26. The lowest BCUT2D eigenvalue weighted by molar-refractivity contribution is 0.588. The number of imidazole rings is 1. The van der Waals surface area contributed by atoms with Crippen LogP contribution in [0.25, 0.3) is 0 Å². The molecule has 0 saturated carbocycles. The van der Waals surface area contributed by atoms with Gasteiger partial charge in [-0.25, -0.2) is 13.4 Å². The lowest BCUT2D eigenvalue weighted by Crippen LogP contribution is -2.08. The molecule has 0 saturated heterocycles. The molecule has 1 aromatic heterocycles. The van der Waals surface area contributed by atoms with Crippen molar-refractivity contribution in [3.63, 3.8) is 0 Å². The van der Waals surface area contributed by atoms with Gasteiger partial charge in [0, 0.05) is 31.6 Å². The molecule has 0 bridgehead atoms. The highest BCUT2D eigenvalue weighted by molar-refractivity contribution is 7.90. The zero-order valence-corrected chi connectivity index (χ0v) is 9.42. The Labute approximate surface area is 84.9 Å². The van der Waals surface area contributed by atoms with Gasteiger partial charge in [-0.2, -0.15) is 0 Å². The minimum absolute atomic E-state index is 0.244. The standard InChI is InChI=1S/C9H16N2O2S/c1-3-9-10-5-7-11(9)6-4-8-14(2,12)13/h5,7H,3-4,6,8H2,1-2H3. The van der Waals surface area contributed by atoms with Gasteiger partial charge in [0.15, 0.2) is 0 Å². The first kappa shape index (κ1) is 11.2. The van der Waals surface area contributed by atoms with Crippen molar-refractivity contribution in [2.45, 2.75) is 26.3 Å². The predicted octanol–water partition coefficient (Wildman–Crippen LogP) is 0.880. The molecule has 0 aliphatic rings. The molecule has 0 N–H and O–H groups in total. The van der Waals surface area contributed by atoms with Crippen LogP contribution in [-0.4, -0.2) is 30.0 Å². The highest BCUT2D eigenvalue weighted by Crippen LogP contribution is 2.01. The van der Waals surface area contributed by atoms with Gasteiger partial charge >= 0.3 is 0 Å². The minimum atomic E-state index is -2.83. The van der Waals surface area contributed by atoms with Gasteiger partial charge in [-0.3, -0.25) is 0 Å². The van der Waals surface area contributed by atoms with Gasteiger partial charge in [0.1, 0.15) is 15.7 Å². The molecule has 0 spiro atoms. The average molecular weight is 216 g/mol. The summed E-state index contributed by atoms with van der Waals surface area (Å²) in [6.45, 7) is 2.77. The Balaban J connectivity index is 2.46. The quantitative estimate of drug-likeness (QED) is 0.734. The number of rotatable bonds is 5. The van der Waals surface area contributed by atoms with Crippen LogP contribution in [0.2, 0.25) is 0 Å². The van der Waals surface area contributed by atoms with E-state index in [0.717, 1.165) is 18.8 Å². The Kier molecular flexibility index (Phi) is 3.69. The van der Waals surface area contributed by atoms with E-state index in [1.54, 1.807) is 6.20 Å². The van der Waals surface area contributed by atoms with Crippen LogP contribution in [-0.2, 0) is 22.8 Å². The third-order valence-corrected chi connectivity index (χ3v) is 3.06. The average Bonchev–Trinajstić information content (AvgIpc) is 2.49. The second-order valence-corrected chi connectivity index (χ2v) is 5.63. The van der Waals surface area contributed by atoms with E-state index in [1.807, 2.05) is 17.7 Å². The number of nitrogens with zero attached hydrogens (tertiary/aromatic N) is 2. The SMILES string of the molecule is CCc1nccn1CCCS(C)(=O)=O. The van der Waals surface area contributed by atoms with Crippen LogP contribution in [0.5, 0.6) is 0 Å². The number of hydrogen-bond acceptors (Lipinski definition) is 3. The molecular weight excluding hydrogens is 200 g/mol. The van der Waals surface area contributed by atoms with Gasteiger partial charge in [-0.05, 0) is 6.42 Å². The van der Waals surface area contributed by atoms with Crippen molar-refractivity contribution < 1.29 is 8.42 Å². The van der Waals surface area contributed by atoms with Crippen LogP contribution < -0.4 is 0 Å². The fourth-order valence-corrected chi connectivity index (χ4v) is 2.01. The Morgan fingerprint density at radius 3 is 2.79 bits per heavy atom. The maximum absolute atomic E-state index is 10.9. The molecule has 0 radical (unpaired) electrons. The first-order valence-electron chi connectivity index (χ1n) is 4.70. The predicted molar refractivity (Wildman–Crippen MR) is 55.9 cm³/mol. The van der Waals surface area contributed by atoms with Crippen LogP contribution in [0.15, 0.2) is 12.4 Å². The van der Waals surface area contributed by atoms with Crippen molar-refractivity contribution in [2.75, 3.05) is 12.0 Å². The van der Waals surface area contributed by atoms with E-state index < -0.39 is 9.84 Å². The van der Waals surface area contributed by atoms with E-state index >= 15 is 0 Å². The minimum Gasteiger partial charge on any atom is -0.335 e. The van der Waals surface area contributed by atoms with Gasteiger partial charge in [0.2, 0.25) is 0 Å². The van der Waals surface area contributed by atoms with E-state index in [4.69, 9.17) is 0 Å². The maximum Gasteiger partial charge on any atom is 0.147 e. The van der Waals surface area contributed by atoms with Gasteiger partial charge in [0.25, 0.3) is 0 Å². The highest BCUT2D eigenvalue weighted by Gasteiger charge is 2.03. The molecule has 0 atom stereocenters. The molecule has 0 aromatic carbocycles. The fourth-order valence-electron chi connectivity index (χ4n) is 1.36. The number of hydrogen-bond donors (Lipinski definition) is 0. The topological polar surface area (TPSA) is 52.0 Å². The monoisotopic (exact) mass is 216 g/mol. The molecule has 5 heteroatoms. The lowest BCUT2D eigenvalue weighted by Gasteiger charge is -2.04. The van der Waals surface area contributed by atoms with E-state index in [-0.39, 0.29) is 5.75 Å². The highest BCUT2D eigenvalue weighted by atomic mass is 32.2. The Morgan fingerprint density at radius 1 is 1.50 bits per heavy atom. The van der Waals surface area contributed by atoms with E-state index in [2.05, 4.69) is 4.98 Å². The smallest absolute Gasteiger partial charge is 0.147 e. The summed E-state index contributed by atoms with van der Waals surface area (Å²) in [6, 6.07) is 0. The normalized spacial score (nSPS) is 11.9.